The van der Waals surface area contributed by atoms with Crippen LogP contribution in [0, 0.1) is 6.92 Å². The van der Waals surface area contributed by atoms with Gasteiger partial charge in [-0.2, -0.15) is 0 Å². The molecule has 1 fully saturated rings. The molecule has 0 unspecified atom stereocenters. The maximum absolute atomic E-state index is 14.1. The van der Waals surface area contributed by atoms with Gasteiger partial charge in [0, 0.05) is 6.42 Å². The third kappa shape index (κ3) is 7.33. The Balaban J connectivity index is 1.88. The van der Waals surface area contributed by atoms with E-state index in [0.717, 1.165) is 36.8 Å². The molecule has 206 valence electrons. The summed E-state index contributed by atoms with van der Waals surface area (Å²) in [5.74, 6) is 0. The van der Waals surface area contributed by atoms with Crippen LogP contribution in [0.4, 0.5) is 0 Å². The van der Waals surface area contributed by atoms with Gasteiger partial charge in [-0.25, -0.2) is 8.42 Å². The number of epoxide rings is 1. The molecule has 7 heteroatoms. The normalized spacial score (nSPS) is 21.1. The van der Waals surface area contributed by atoms with E-state index in [9.17, 15) is 8.42 Å². The molecule has 2 aromatic carbocycles. The number of sulfone groups is 1. The molecule has 0 bridgehead atoms. The highest BCUT2D eigenvalue weighted by molar-refractivity contribution is 7.93. The monoisotopic (exact) mass is 546 g/mol. The van der Waals surface area contributed by atoms with Crippen molar-refractivity contribution in [3.63, 3.8) is 0 Å². The zero-order valence-electron chi connectivity index (χ0n) is 23.8. The lowest BCUT2D eigenvalue weighted by atomic mass is 10.1. The second-order valence-electron chi connectivity index (χ2n) is 11.9. The molecule has 37 heavy (non-hydrogen) atoms. The van der Waals surface area contributed by atoms with E-state index in [1.807, 2.05) is 49.4 Å². The molecule has 0 aliphatic carbocycles. The van der Waals surface area contributed by atoms with Crippen molar-refractivity contribution in [1.29, 1.82) is 0 Å². The molecule has 0 saturated carbocycles. The summed E-state index contributed by atoms with van der Waals surface area (Å²) < 4.78 is 47.2. The molecular formula is C30H46O5SSi. The van der Waals surface area contributed by atoms with Crippen LogP contribution in [0.5, 0.6) is 0 Å². The standard InChI is InChI=1S/C30H46O5SSi/c1-8-9-11-16-28-30(34-28,36(31,32)27-19-17-24(2)18-20-27)21-26(35-37(6,7)29(3,4)5)23-33-22-25-14-12-10-13-15-25/h10,12-15,17-20,26,28H,8-9,11,16,21-23H2,1-7H3/t26-,28+,30-/m0/s1. The predicted molar refractivity (Wildman–Crippen MR) is 153 cm³/mol. The highest BCUT2D eigenvalue weighted by Gasteiger charge is 2.66. The Morgan fingerprint density at radius 3 is 2.27 bits per heavy atom. The topological polar surface area (TPSA) is 65.1 Å². The fraction of sp³-hybridized carbons (Fsp3) is 0.600. The number of rotatable bonds is 14. The van der Waals surface area contributed by atoms with Gasteiger partial charge in [-0.1, -0.05) is 95.0 Å². The molecule has 0 N–H and O–H groups in total. The van der Waals surface area contributed by atoms with Crippen LogP contribution in [0.3, 0.4) is 0 Å². The molecule has 0 radical (unpaired) electrons. The lowest BCUT2D eigenvalue weighted by Gasteiger charge is -2.39. The van der Waals surface area contributed by atoms with Crippen LogP contribution in [0.1, 0.15) is 70.9 Å². The molecule has 1 saturated heterocycles. The summed E-state index contributed by atoms with van der Waals surface area (Å²) in [6, 6.07) is 17.1. The molecule has 1 aliphatic rings. The quantitative estimate of drug-likeness (QED) is 0.140. The summed E-state index contributed by atoms with van der Waals surface area (Å²) in [4.78, 5) is -0.966. The fourth-order valence-corrected chi connectivity index (χ4v) is 7.78. The third-order valence-corrected chi connectivity index (χ3v) is 14.7. The van der Waals surface area contributed by atoms with Crippen molar-refractivity contribution < 1.29 is 22.3 Å². The van der Waals surface area contributed by atoms with E-state index in [4.69, 9.17) is 13.9 Å². The van der Waals surface area contributed by atoms with E-state index in [0.29, 0.717) is 18.1 Å². The maximum atomic E-state index is 14.1. The lowest BCUT2D eigenvalue weighted by Crippen LogP contribution is -2.47. The van der Waals surface area contributed by atoms with E-state index >= 15 is 0 Å². The molecule has 1 aliphatic heterocycles. The Morgan fingerprint density at radius 2 is 1.68 bits per heavy atom. The van der Waals surface area contributed by atoms with Crippen molar-refractivity contribution in [2.45, 2.75) is 113 Å². The molecule has 3 rings (SSSR count). The van der Waals surface area contributed by atoms with Gasteiger partial charge in [0.15, 0.2) is 8.32 Å². The molecule has 5 nitrogen and oxygen atoms in total. The van der Waals surface area contributed by atoms with E-state index < -0.39 is 23.1 Å². The van der Waals surface area contributed by atoms with Gasteiger partial charge in [-0.3, -0.25) is 0 Å². The van der Waals surface area contributed by atoms with Gasteiger partial charge >= 0.3 is 0 Å². The Labute approximate surface area is 226 Å². The summed E-state index contributed by atoms with van der Waals surface area (Å²) in [5, 5.41) is -0.0153. The predicted octanol–water partition coefficient (Wildman–Crippen LogP) is 7.44. The SMILES string of the molecule is CCCCC[C@H]1O[C@@]1(C[C@@H](COCc1ccccc1)O[Si](C)(C)C(C)(C)C)S(=O)(=O)c1ccc(C)cc1. The Morgan fingerprint density at radius 1 is 1.03 bits per heavy atom. The highest BCUT2D eigenvalue weighted by atomic mass is 32.2. The van der Waals surface area contributed by atoms with Crippen molar-refractivity contribution >= 4 is 18.2 Å². The van der Waals surface area contributed by atoms with Gasteiger partial charge in [0.05, 0.1) is 24.2 Å². The smallest absolute Gasteiger partial charge is 0.210 e. The maximum Gasteiger partial charge on any atom is 0.210 e. The second-order valence-corrected chi connectivity index (χ2v) is 18.9. The number of hydrogen-bond acceptors (Lipinski definition) is 5. The van der Waals surface area contributed by atoms with Crippen molar-refractivity contribution in [3.05, 3.63) is 65.7 Å². The van der Waals surface area contributed by atoms with Gasteiger partial charge in [0.1, 0.15) is 6.10 Å². The zero-order valence-corrected chi connectivity index (χ0v) is 25.6. The van der Waals surface area contributed by atoms with E-state index in [2.05, 4.69) is 40.8 Å². The summed E-state index contributed by atoms with van der Waals surface area (Å²) in [7, 11) is -5.93. The summed E-state index contributed by atoms with van der Waals surface area (Å²) in [5.41, 5.74) is 2.10. The van der Waals surface area contributed by atoms with Crippen LogP contribution in [-0.4, -0.2) is 40.5 Å². The van der Waals surface area contributed by atoms with Gasteiger partial charge in [0.25, 0.3) is 0 Å². The number of hydrogen-bond donors (Lipinski definition) is 0. The van der Waals surface area contributed by atoms with Crippen molar-refractivity contribution in [2.24, 2.45) is 0 Å². The Hall–Kier alpha value is -1.51. The van der Waals surface area contributed by atoms with Crippen LogP contribution in [-0.2, 0) is 30.3 Å². The first kappa shape index (κ1) is 30.0. The summed E-state index contributed by atoms with van der Waals surface area (Å²) in [6.07, 6.45) is 3.37. The van der Waals surface area contributed by atoms with Crippen LogP contribution in [0.2, 0.25) is 18.1 Å². The highest BCUT2D eigenvalue weighted by Crippen LogP contribution is 2.51. The largest absolute Gasteiger partial charge is 0.411 e. The van der Waals surface area contributed by atoms with Gasteiger partial charge in [-0.15, -0.1) is 0 Å². The number of aryl methyl sites for hydroxylation is 1. The second kappa shape index (κ2) is 12.1. The molecule has 0 amide bonds. The zero-order chi connectivity index (χ0) is 27.3. The van der Waals surface area contributed by atoms with E-state index in [1.165, 1.54) is 0 Å². The van der Waals surface area contributed by atoms with Gasteiger partial charge in [-0.05, 0) is 49.2 Å². The summed E-state index contributed by atoms with van der Waals surface area (Å²) >= 11 is 0. The molecule has 0 spiro atoms. The van der Waals surface area contributed by atoms with Crippen molar-refractivity contribution in [1.82, 2.24) is 0 Å². The average Bonchev–Trinajstić information content (AvgIpc) is 3.53. The first-order chi connectivity index (χ1) is 17.3. The molecule has 0 aromatic heterocycles. The first-order valence-electron chi connectivity index (χ1n) is 13.6. The summed E-state index contributed by atoms with van der Waals surface area (Å²) in [6.45, 7) is 15.9. The molecule has 2 aromatic rings. The van der Waals surface area contributed by atoms with Gasteiger partial charge < -0.3 is 13.9 Å². The minimum absolute atomic E-state index is 0.0153. The third-order valence-electron chi connectivity index (χ3n) is 7.83. The average molecular weight is 547 g/mol. The molecular weight excluding hydrogens is 500 g/mol. The number of ether oxygens (including phenoxy) is 2. The Bertz CT molecular complexity index is 1090. The van der Waals surface area contributed by atoms with Crippen LogP contribution in [0.25, 0.3) is 0 Å². The van der Waals surface area contributed by atoms with E-state index in [1.54, 1.807) is 12.1 Å². The van der Waals surface area contributed by atoms with Crippen molar-refractivity contribution in [2.75, 3.05) is 6.61 Å². The molecule has 1 heterocycles. The number of benzene rings is 2. The fourth-order valence-electron chi connectivity index (χ4n) is 4.44. The van der Waals surface area contributed by atoms with Crippen LogP contribution >= 0.6 is 0 Å². The van der Waals surface area contributed by atoms with Crippen LogP contribution < -0.4 is 0 Å². The lowest BCUT2D eigenvalue weighted by molar-refractivity contribution is 0.0247. The van der Waals surface area contributed by atoms with E-state index in [-0.39, 0.29) is 23.7 Å². The minimum atomic E-state index is -3.74. The molecule has 3 atom stereocenters. The minimum Gasteiger partial charge on any atom is -0.411 e. The number of unbranched alkanes of at least 4 members (excludes halogenated alkanes) is 2. The van der Waals surface area contributed by atoms with Crippen LogP contribution in [0.15, 0.2) is 59.5 Å². The first-order valence-corrected chi connectivity index (χ1v) is 18.0. The van der Waals surface area contributed by atoms with Gasteiger partial charge in [0.2, 0.25) is 14.8 Å². The Kier molecular flexibility index (Phi) is 9.84. The van der Waals surface area contributed by atoms with Crippen molar-refractivity contribution in [3.8, 4) is 0 Å².